The van der Waals surface area contributed by atoms with Crippen molar-refractivity contribution in [3.63, 3.8) is 0 Å². The number of carboxylic acid groups (broad SMARTS) is 3. The SMILES string of the molecule is CN1C(=O)C[C@H](C(=O)NCCOC2CCC(OCCCC(=O)NC3CCC(C(=O)N4CCN(C(=O)CC[C@H](NC(=O)N[C@@H](CCC(=O)O)C(=O)O)C(=O)O)CC4)CC3)CC2)[C@H]1c1cccnc1. The molecule has 370 valence electrons. The minimum absolute atomic E-state index is 0.00515. The molecule has 3 heterocycles. The molecule has 0 aromatic carbocycles. The van der Waals surface area contributed by atoms with E-state index in [4.69, 9.17) is 14.6 Å². The third-order valence-electron chi connectivity index (χ3n) is 13.1. The van der Waals surface area contributed by atoms with Gasteiger partial charge in [-0.15, -0.1) is 0 Å². The summed E-state index contributed by atoms with van der Waals surface area (Å²) in [6, 6.07) is -0.864. The Morgan fingerprint density at radius 3 is 1.96 bits per heavy atom. The number of nitrogens with zero attached hydrogens (tertiary/aromatic N) is 4. The minimum atomic E-state index is -1.55. The smallest absolute Gasteiger partial charge is 0.326 e. The molecule has 2 aliphatic heterocycles. The molecule has 2 saturated heterocycles. The molecule has 7 amide bonds. The lowest BCUT2D eigenvalue weighted by Gasteiger charge is -2.38. The lowest BCUT2D eigenvalue weighted by Crippen LogP contribution is -2.53. The highest BCUT2D eigenvalue weighted by Crippen LogP contribution is 2.37. The van der Waals surface area contributed by atoms with Gasteiger partial charge in [-0.25, -0.2) is 14.4 Å². The first kappa shape index (κ1) is 52.1. The molecular formula is C45H66N8O14. The van der Waals surface area contributed by atoms with Crippen LogP contribution in [0.25, 0.3) is 0 Å². The van der Waals surface area contributed by atoms with Crippen LogP contribution in [0, 0.1) is 11.8 Å². The van der Waals surface area contributed by atoms with Crippen molar-refractivity contribution in [1.29, 1.82) is 0 Å². The first-order valence-electron chi connectivity index (χ1n) is 23.4. The Morgan fingerprint density at radius 1 is 0.776 bits per heavy atom. The maximum Gasteiger partial charge on any atom is 0.326 e. The topological polar surface area (TPSA) is 304 Å². The number of pyridine rings is 1. The van der Waals surface area contributed by atoms with E-state index in [-0.39, 0.29) is 92.1 Å². The Labute approximate surface area is 389 Å². The molecule has 2 aliphatic carbocycles. The van der Waals surface area contributed by atoms with Crippen LogP contribution in [0.5, 0.6) is 0 Å². The summed E-state index contributed by atoms with van der Waals surface area (Å²) in [5, 5.41) is 37.8. The summed E-state index contributed by atoms with van der Waals surface area (Å²) in [5.41, 5.74) is 0.832. The van der Waals surface area contributed by atoms with Gasteiger partial charge in [-0.3, -0.25) is 33.8 Å². The number of ether oxygens (including phenoxy) is 2. The molecule has 4 fully saturated rings. The molecule has 0 unspecified atom stereocenters. The molecule has 2 saturated carbocycles. The van der Waals surface area contributed by atoms with E-state index in [0.29, 0.717) is 71.4 Å². The van der Waals surface area contributed by atoms with E-state index in [9.17, 15) is 53.4 Å². The monoisotopic (exact) mass is 942 g/mol. The lowest BCUT2D eigenvalue weighted by molar-refractivity contribution is -0.143. The molecule has 22 nitrogen and oxygen atoms in total. The van der Waals surface area contributed by atoms with Crippen LogP contribution < -0.4 is 21.3 Å². The molecule has 0 bridgehead atoms. The molecule has 0 radical (unpaired) electrons. The van der Waals surface area contributed by atoms with Crippen molar-refractivity contribution in [2.45, 2.75) is 133 Å². The number of hydrogen-bond donors (Lipinski definition) is 7. The van der Waals surface area contributed by atoms with Crippen LogP contribution in [-0.2, 0) is 47.8 Å². The highest BCUT2D eigenvalue weighted by molar-refractivity contribution is 5.90. The zero-order valence-corrected chi connectivity index (χ0v) is 38.1. The van der Waals surface area contributed by atoms with Gasteiger partial charge in [0.1, 0.15) is 12.1 Å². The molecule has 1 aromatic heterocycles. The van der Waals surface area contributed by atoms with Crippen molar-refractivity contribution >= 4 is 53.5 Å². The van der Waals surface area contributed by atoms with Gasteiger partial charge in [0.2, 0.25) is 29.5 Å². The Balaban J connectivity index is 0.877. The number of carbonyl (C=O) groups excluding carboxylic acids is 6. The maximum atomic E-state index is 13.4. The fourth-order valence-corrected chi connectivity index (χ4v) is 9.28. The number of nitrogens with one attached hydrogen (secondary N) is 4. The molecule has 7 N–H and O–H groups in total. The normalized spacial score (nSPS) is 24.0. The quantitative estimate of drug-likeness (QED) is 0.0755. The van der Waals surface area contributed by atoms with Crippen LogP contribution >= 0.6 is 0 Å². The van der Waals surface area contributed by atoms with E-state index in [1.165, 1.54) is 4.90 Å². The predicted octanol–water partition coefficient (Wildman–Crippen LogP) is 1.04. The third kappa shape index (κ3) is 16.1. The average Bonchev–Trinajstić information content (AvgIpc) is 3.62. The van der Waals surface area contributed by atoms with Crippen LogP contribution in [0.2, 0.25) is 0 Å². The van der Waals surface area contributed by atoms with Crippen molar-refractivity contribution in [1.82, 2.24) is 41.0 Å². The van der Waals surface area contributed by atoms with Gasteiger partial charge in [-0.05, 0) is 82.3 Å². The molecule has 4 aliphatic rings. The van der Waals surface area contributed by atoms with Gasteiger partial charge in [-0.1, -0.05) is 6.07 Å². The zero-order valence-electron chi connectivity index (χ0n) is 38.1. The van der Waals surface area contributed by atoms with Gasteiger partial charge in [-0.2, -0.15) is 0 Å². The van der Waals surface area contributed by atoms with E-state index in [0.717, 1.165) is 31.2 Å². The number of likely N-dealkylation sites (tertiary alicyclic amines) is 1. The Bertz CT molecular complexity index is 1880. The lowest BCUT2D eigenvalue weighted by atomic mass is 9.85. The number of hydrogen-bond acceptors (Lipinski definition) is 12. The second-order valence-corrected chi connectivity index (χ2v) is 17.8. The molecular weight excluding hydrogens is 877 g/mol. The summed E-state index contributed by atoms with van der Waals surface area (Å²) in [7, 11) is 1.71. The van der Waals surface area contributed by atoms with Crippen molar-refractivity contribution in [3.8, 4) is 0 Å². The molecule has 0 spiro atoms. The fourth-order valence-electron chi connectivity index (χ4n) is 9.28. The third-order valence-corrected chi connectivity index (χ3v) is 13.1. The van der Waals surface area contributed by atoms with Gasteiger partial charge < -0.3 is 60.8 Å². The Hall–Kier alpha value is -5.90. The van der Waals surface area contributed by atoms with Crippen molar-refractivity contribution in [2.75, 3.05) is 53.0 Å². The van der Waals surface area contributed by atoms with E-state index >= 15 is 0 Å². The summed E-state index contributed by atoms with van der Waals surface area (Å²) < 4.78 is 12.1. The molecule has 22 heteroatoms. The summed E-state index contributed by atoms with van der Waals surface area (Å²) >= 11 is 0. The molecule has 4 atom stereocenters. The highest BCUT2D eigenvalue weighted by Gasteiger charge is 2.43. The number of aliphatic carboxylic acids is 3. The zero-order chi connectivity index (χ0) is 48.5. The summed E-state index contributed by atoms with van der Waals surface area (Å²) in [5.74, 6) is -5.49. The largest absolute Gasteiger partial charge is 0.481 e. The fraction of sp³-hybridized carbons (Fsp3) is 0.689. The number of carboxylic acids is 3. The summed E-state index contributed by atoms with van der Waals surface area (Å²) in [6.45, 7) is 2.35. The van der Waals surface area contributed by atoms with Crippen molar-refractivity contribution < 1.29 is 67.9 Å². The number of rotatable bonds is 23. The van der Waals surface area contributed by atoms with Gasteiger partial charge in [0.15, 0.2) is 0 Å². The second-order valence-electron chi connectivity index (χ2n) is 17.8. The summed E-state index contributed by atoms with van der Waals surface area (Å²) in [6.07, 6.45) is 9.18. The number of amides is 7. The van der Waals surface area contributed by atoms with Crippen LogP contribution in [0.3, 0.4) is 0 Å². The molecule has 67 heavy (non-hydrogen) atoms. The Kier molecular flexibility index (Phi) is 20.1. The van der Waals surface area contributed by atoms with Gasteiger partial charge in [0, 0.05) is 96.4 Å². The standard InChI is InChI=1S/C45H66N8O14/c1-51-38(56)26-33(40(51)29-4-2-18-46-27-29)41(59)47-19-25-67-32-12-10-31(11-13-32)66-24-3-5-36(54)48-30-8-6-28(7-9-30)42(60)53-22-20-52(21-23-53)37(55)16-14-34(43(61)62)49-45(65)50-35(44(63)64)15-17-39(57)58/h2,4,18,27-28,30-35,40H,3,5-17,19-26H2,1H3,(H,47,59)(H,48,54)(H,57,58)(H,61,62)(H,63,64)(H2,49,50,65)/t28?,30?,31?,32?,33-,34-,35-,40+/m0/s1. The van der Waals surface area contributed by atoms with Crippen molar-refractivity contribution in [2.24, 2.45) is 11.8 Å². The van der Waals surface area contributed by atoms with Gasteiger partial charge in [0.05, 0.1) is 30.8 Å². The minimum Gasteiger partial charge on any atom is -0.481 e. The van der Waals surface area contributed by atoms with Crippen LogP contribution in [0.15, 0.2) is 24.5 Å². The van der Waals surface area contributed by atoms with Crippen LogP contribution in [0.4, 0.5) is 4.79 Å². The van der Waals surface area contributed by atoms with E-state index < -0.39 is 54.8 Å². The first-order chi connectivity index (χ1) is 32.1. The van der Waals surface area contributed by atoms with E-state index in [2.05, 4.69) is 20.9 Å². The van der Waals surface area contributed by atoms with Crippen LogP contribution in [0.1, 0.15) is 108 Å². The summed E-state index contributed by atoms with van der Waals surface area (Å²) in [4.78, 5) is 120. The first-order valence-corrected chi connectivity index (χ1v) is 23.4. The number of aromatic nitrogens is 1. The van der Waals surface area contributed by atoms with Gasteiger partial charge >= 0.3 is 23.9 Å². The molecule has 5 rings (SSSR count). The second kappa shape index (κ2) is 25.9. The van der Waals surface area contributed by atoms with Gasteiger partial charge in [0.25, 0.3) is 0 Å². The average molecular weight is 943 g/mol. The number of urea groups is 1. The highest BCUT2D eigenvalue weighted by atomic mass is 16.5. The Morgan fingerprint density at radius 2 is 1.37 bits per heavy atom. The maximum absolute atomic E-state index is 13.4. The predicted molar refractivity (Wildman–Crippen MR) is 236 cm³/mol. The van der Waals surface area contributed by atoms with E-state index in [1.807, 2.05) is 11.4 Å². The number of piperazine rings is 1. The van der Waals surface area contributed by atoms with Crippen LogP contribution in [-0.4, -0.2) is 172 Å². The van der Waals surface area contributed by atoms with E-state index in [1.54, 1.807) is 35.3 Å². The molecule has 1 aromatic rings. The number of carbonyl (C=O) groups is 9. The van der Waals surface area contributed by atoms with Crippen molar-refractivity contribution in [3.05, 3.63) is 30.1 Å².